The maximum Gasteiger partial charge on any atom is 0.244 e. The number of amides is 2. The SMILES string of the molecule is CCC(C)NC(=O)C(Cc1ccccc1)N(Cc1cccc(C)c1)C(=O)CN(c1ccc(Oc2ccccc2)cc1)S(C)(=O)=O. The minimum Gasteiger partial charge on any atom is -0.457 e. The molecule has 0 fully saturated rings. The van der Waals surface area contributed by atoms with Crippen LogP contribution >= 0.6 is 0 Å². The van der Waals surface area contributed by atoms with Crippen LogP contribution in [-0.2, 0) is 32.6 Å². The third kappa shape index (κ3) is 9.68. The lowest BCUT2D eigenvalue weighted by atomic mass is 10.0. The van der Waals surface area contributed by atoms with Crippen LogP contribution in [0.15, 0.2) is 109 Å². The first kappa shape index (κ1) is 33.3. The van der Waals surface area contributed by atoms with Gasteiger partial charge in [-0.25, -0.2) is 8.42 Å². The van der Waals surface area contributed by atoms with Crippen LogP contribution in [0.2, 0.25) is 0 Å². The molecule has 0 aliphatic carbocycles. The lowest BCUT2D eigenvalue weighted by molar-refractivity contribution is -0.140. The van der Waals surface area contributed by atoms with E-state index in [1.54, 1.807) is 24.3 Å². The highest BCUT2D eigenvalue weighted by Crippen LogP contribution is 2.26. The summed E-state index contributed by atoms with van der Waals surface area (Å²) in [5, 5.41) is 3.05. The second-order valence-corrected chi connectivity index (χ2v) is 13.1. The topological polar surface area (TPSA) is 96.0 Å². The Balaban J connectivity index is 1.68. The van der Waals surface area contributed by atoms with Gasteiger partial charge in [0.2, 0.25) is 21.8 Å². The zero-order valence-corrected chi connectivity index (χ0v) is 27.0. The molecule has 45 heavy (non-hydrogen) atoms. The first-order valence-corrected chi connectivity index (χ1v) is 16.9. The van der Waals surface area contributed by atoms with Gasteiger partial charge in [-0.1, -0.05) is 85.3 Å². The molecule has 2 unspecified atom stereocenters. The first-order valence-electron chi connectivity index (χ1n) is 15.0. The number of sulfonamides is 1. The highest BCUT2D eigenvalue weighted by atomic mass is 32.2. The monoisotopic (exact) mass is 627 g/mol. The molecule has 2 amide bonds. The molecule has 4 aromatic rings. The van der Waals surface area contributed by atoms with E-state index >= 15 is 0 Å². The summed E-state index contributed by atoms with van der Waals surface area (Å²) in [7, 11) is -3.88. The lowest BCUT2D eigenvalue weighted by Crippen LogP contribution is -2.54. The molecule has 0 saturated carbocycles. The van der Waals surface area contributed by atoms with Gasteiger partial charge in [0.15, 0.2) is 0 Å². The van der Waals surface area contributed by atoms with Gasteiger partial charge in [0.05, 0.1) is 11.9 Å². The summed E-state index contributed by atoms with van der Waals surface area (Å²) < 4.78 is 33.1. The van der Waals surface area contributed by atoms with E-state index in [2.05, 4.69) is 5.32 Å². The fraction of sp³-hybridized carbons (Fsp3) is 0.278. The van der Waals surface area contributed by atoms with Crippen LogP contribution in [0.3, 0.4) is 0 Å². The maximum absolute atomic E-state index is 14.3. The van der Waals surface area contributed by atoms with Crippen molar-refractivity contribution in [2.24, 2.45) is 0 Å². The number of para-hydroxylation sites is 1. The Hall–Kier alpha value is -4.63. The molecule has 1 N–H and O–H groups in total. The van der Waals surface area contributed by atoms with Crippen molar-refractivity contribution in [2.45, 2.75) is 52.2 Å². The number of carbonyl (C=O) groups excluding carboxylic acids is 2. The molecule has 0 aliphatic rings. The van der Waals surface area contributed by atoms with Crippen molar-refractivity contribution >= 4 is 27.5 Å². The predicted octanol–water partition coefficient (Wildman–Crippen LogP) is 6.11. The van der Waals surface area contributed by atoms with Gasteiger partial charge in [0, 0.05) is 19.0 Å². The van der Waals surface area contributed by atoms with Crippen molar-refractivity contribution in [2.75, 3.05) is 17.1 Å². The summed E-state index contributed by atoms with van der Waals surface area (Å²) >= 11 is 0. The third-order valence-electron chi connectivity index (χ3n) is 7.49. The van der Waals surface area contributed by atoms with E-state index in [4.69, 9.17) is 4.74 Å². The number of aryl methyl sites for hydroxylation is 1. The predicted molar refractivity (Wildman–Crippen MR) is 179 cm³/mol. The quantitative estimate of drug-likeness (QED) is 0.182. The molecule has 8 nitrogen and oxygen atoms in total. The largest absolute Gasteiger partial charge is 0.457 e. The van der Waals surface area contributed by atoms with E-state index in [-0.39, 0.29) is 24.9 Å². The van der Waals surface area contributed by atoms with Crippen LogP contribution in [-0.4, -0.2) is 50.0 Å². The number of hydrogen-bond donors (Lipinski definition) is 1. The summed E-state index contributed by atoms with van der Waals surface area (Å²) in [6.45, 7) is 5.51. The van der Waals surface area contributed by atoms with Crippen LogP contribution < -0.4 is 14.4 Å². The second-order valence-electron chi connectivity index (χ2n) is 11.2. The molecular weight excluding hydrogens is 586 g/mol. The summed E-state index contributed by atoms with van der Waals surface area (Å²) in [5.41, 5.74) is 3.05. The molecule has 0 spiro atoms. The van der Waals surface area contributed by atoms with Crippen molar-refractivity contribution in [1.29, 1.82) is 0 Å². The molecule has 0 aliphatic heterocycles. The van der Waals surface area contributed by atoms with Gasteiger partial charge >= 0.3 is 0 Å². The summed E-state index contributed by atoms with van der Waals surface area (Å²) in [5.74, 6) is 0.386. The van der Waals surface area contributed by atoms with Gasteiger partial charge in [0.1, 0.15) is 24.1 Å². The number of ether oxygens (including phenoxy) is 1. The zero-order valence-electron chi connectivity index (χ0n) is 26.2. The molecular formula is C36H41N3O5S. The number of carbonyl (C=O) groups is 2. The number of rotatable bonds is 14. The lowest BCUT2D eigenvalue weighted by Gasteiger charge is -2.34. The highest BCUT2D eigenvalue weighted by molar-refractivity contribution is 7.92. The van der Waals surface area contributed by atoms with Crippen LogP contribution in [0, 0.1) is 6.92 Å². The fourth-order valence-corrected chi connectivity index (χ4v) is 5.77. The van der Waals surface area contributed by atoms with E-state index in [1.165, 1.54) is 4.90 Å². The average molecular weight is 628 g/mol. The van der Waals surface area contributed by atoms with Crippen molar-refractivity contribution in [1.82, 2.24) is 10.2 Å². The van der Waals surface area contributed by atoms with E-state index in [9.17, 15) is 18.0 Å². The van der Waals surface area contributed by atoms with Gasteiger partial charge in [0.25, 0.3) is 0 Å². The van der Waals surface area contributed by atoms with Crippen molar-refractivity contribution in [3.05, 3.63) is 126 Å². The minimum absolute atomic E-state index is 0.101. The van der Waals surface area contributed by atoms with Crippen molar-refractivity contribution in [3.8, 4) is 11.5 Å². The zero-order chi connectivity index (χ0) is 32.4. The minimum atomic E-state index is -3.88. The average Bonchev–Trinajstić information content (AvgIpc) is 3.02. The molecule has 0 radical (unpaired) electrons. The number of hydrogen-bond acceptors (Lipinski definition) is 5. The Bertz CT molecular complexity index is 1660. The van der Waals surface area contributed by atoms with E-state index < -0.39 is 28.5 Å². The van der Waals surface area contributed by atoms with Gasteiger partial charge in [-0.15, -0.1) is 0 Å². The summed E-state index contributed by atoms with van der Waals surface area (Å²) in [4.78, 5) is 29.6. The molecule has 2 atom stereocenters. The smallest absolute Gasteiger partial charge is 0.244 e. The van der Waals surface area contributed by atoms with Crippen LogP contribution in [0.4, 0.5) is 5.69 Å². The second kappa shape index (κ2) is 15.4. The Morgan fingerprint density at radius 2 is 1.42 bits per heavy atom. The maximum atomic E-state index is 14.3. The van der Waals surface area contributed by atoms with Crippen molar-refractivity contribution < 1.29 is 22.7 Å². The molecule has 236 valence electrons. The molecule has 9 heteroatoms. The standard InChI is InChI=1S/C36H41N3O5S/c1-5-28(3)37-36(41)34(24-29-14-8-6-9-15-29)38(25-30-16-12-13-27(2)23-30)35(40)26-39(45(4,42)43)31-19-21-33(22-20-31)44-32-17-10-7-11-18-32/h6-23,28,34H,5,24-26H2,1-4H3,(H,37,41). The molecule has 0 bridgehead atoms. The Morgan fingerprint density at radius 3 is 2.02 bits per heavy atom. The van der Waals surface area contributed by atoms with E-state index in [0.717, 1.165) is 33.7 Å². The highest BCUT2D eigenvalue weighted by Gasteiger charge is 2.33. The molecule has 0 heterocycles. The van der Waals surface area contributed by atoms with Gasteiger partial charge in [-0.05, 0) is 67.8 Å². The Labute approximate surface area is 266 Å². The van der Waals surface area contributed by atoms with Crippen LogP contribution in [0.25, 0.3) is 0 Å². The van der Waals surface area contributed by atoms with Gasteiger partial charge in [-0.3, -0.25) is 13.9 Å². The van der Waals surface area contributed by atoms with Gasteiger partial charge in [-0.2, -0.15) is 0 Å². The van der Waals surface area contributed by atoms with Crippen LogP contribution in [0.5, 0.6) is 11.5 Å². The number of nitrogens with zero attached hydrogens (tertiary/aromatic N) is 2. The van der Waals surface area contributed by atoms with Gasteiger partial charge < -0.3 is 15.0 Å². The van der Waals surface area contributed by atoms with Crippen molar-refractivity contribution in [3.63, 3.8) is 0 Å². The number of benzene rings is 4. The first-order chi connectivity index (χ1) is 21.5. The Morgan fingerprint density at radius 1 is 0.822 bits per heavy atom. The normalized spacial score (nSPS) is 12.5. The number of anilines is 1. The van der Waals surface area contributed by atoms with E-state index in [1.807, 2.05) is 106 Å². The molecule has 4 rings (SSSR count). The molecule has 0 aromatic heterocycles. The third-order valence-corrected chi connectivity index (χ3v) is 8.63. The summed E-state index contributed by atoms with van der Waals surface area (Å²) in [6.07, 6.45) is 2.06. The fourth-order valence-electron chi connectivity index (χ4n) is 4.92. The molecule has 4 aromatic carbocycles. The van der Waals surface area contributed by atoms with E-state index in [0.29, 0.717) is 17.2 Å². The van der Waals surface area contributed by atoms with Crippen LogP contribution in [0.1, 0.15) is 37.0 Å². The number of nitrogens with one attached hydrogen (secondary N) is 1. The molecule has 0 saturated heterocycles. The summed E-state index contributed by atoms with van der Waals surface area (Å²) in [6, 6.07) is 32.0. The Kier molecular flexibility index (Phi) is 11.4.